The number of anilines is 1. The molecule has 1 aromatic heterocycles. The zero-order valence-electron chi connectivity index (χ0n) is 11.9. The highest BCUT2D eigenvalue weighted by molar-refractivity contribution is 5.99. The van der Waals surface area contributed by atoms with E-state index in [0.717, 1.165) is 16.6 Å². The maximum absolute atomic E-state index is 12.4. The van der Waals surface area contributed by atoms with Gasteiger partial charge in [-0.2, -0.15) is 0 Å². The van der Waals surface area contributed by atoms with E-state index in [4.69, 9.17) is 10.2 Å². The summed E-state index contributed by atoms with van der Waals surface area (Å²) in [5.41, 5.74) is 1.83. The molecule has 21 heavy (non-hydrogen) atoms. The third-order valence-electron chi connectivity index (χ3n) is 3.23. The lowest BCUT2D eigenvalue weighted by molar-refractivity contribution is 0.0679. The molecule has 3 N–H and O–H groups in total. The van der Waals surface area contributed by atoms with Gasteiger partial charge in [-0.05, 0) is 12.1 Å². The number of rotatable bonds is 6. The molecule has 6 heteroatoms. The summed E-state index contributed by atoms with van der Waals surface area (Å²) in [6.45, 7) is 0.0297. The van der Waals surface area contributed by atoms with Crippen molar-refractivity contribution in [2.24, 2.45) is 0 Å². The highest BCUT2D eigenvalue weighted by atomic mass is 16.3. The standard InChI is InChI=1S/C15H19N3O3/c1-16-13-10-14(15(21)18(6-8-19)7-9-20)17-12-5-3-2-4-11(12)13/h2-5,10,19-20H,6-9H2,1H3,(H,16,17). The number of aliphatic hydroxyl groups is 2. The van der Waals surface area contributed by atoms with Gasteiger partial charge in [-0.15, -0.1) is 0 Å². The van der Waals surface area contributed by atoms with Crippen molar-refractivity contribution in [2.45, 2.75) is 0 Å². The fourth-order valence-electron chi connectivity index (χ4n) is 2.21. The number of hydrogen-bond donors (Lipinski definition) is 3. The van der Waals surface area contributed by atoms with Crippen LogP contribution in [-0.4, -0.2) is 59.4 Å². The van der Waals surface area contributed by atoms with Gasteiger partial charge in [-0.1, -0.05) is 18.2 Å². The van der Waals surface area contributed by atoms with Crippen molar-refractivity contribution in [3.05, 3.63) is 36.0 Å². The Labute approximate surface area is 123 Å². The minimum Gasteiger partial charge on any atom is -0.395 e. The van der Waals surface area contributed by atoms with Gasteiger partial charge in [-0.3, -0.25) is 4.79 Å². The Balaban J connectivity index is 2.43. The van der Waals surface area contributed by atoms with E-state index in [1.54, 1.807) is 13.1 Å². The number of aliphatic hydroxyl groups excluding tert-OH is 2. The summed E-state index contributed by atoms with van der Waals surface area (Å²) in [5, 5.41) is 22.0. The lowest BCUT2D eigenvalue weighted by Crippen LogP contribution is -2.36. The van der Waals surface area contributed by atoms with Gasteiger partial charge in [0.15, 0.2) is 0 Å². The van der Waals surface area contributed by atoms with Gasteiger partial charge >= 0.3 is 0 Å². The van der Waals surface area contributed by atoms with Crippen molar-refractivity contribution in [1.29, 1.82) is 0 Å². The lowest BCUT2D eigenvalue weighted by Gasteiger charge is -2.20. The number of benzene rings is 1. The molecule has 2 rings (SSSR count). The second kappa shape index (κ2) is 7.01. The number of amides is 1. The summed E-state index contributed by atoms with van der Waals surface area (Å²) >= 11 is 0. The van der Waals surface area contributed by atoms with E-state index in [1.165, 1.54) is 4.90 Å². The molecule has 0 saturated carbocycles. The van der Waals surface area contributed by atoms with Gasteiger partial charge in [0.2, 0.25) is 0 Å². The molecule has 1 heterocycles. The maximum Gasteiger partial charge on any atom is 0.272 e. The first-order valence-electron chi connectivity index (χ1n) is 6.79. The van der Waals surface area contributed by atoms with Crippen LogP contribution in [0.25, 0.3) is 10.9 Å². The van der Waals surface area contributed by atoms with Crippen molar-refractivity contribution >= 4 is 22.5 Å². The first-order valence-corrected chi connectivity index (χ1v) is 6.79. The SMILES string of the molecule is CNc1cc(C(=O)N(CCO)CCO)nc2ccccc12. The summed E-state index contributed by atoms with van der Waals surface area (Å²) < 4.78 is 0. The monoisotopic (exact) mass is 289 g/mol. The molecule has 112 valence electrons. The van der Waals surface area contributed by atoms with Crippen LogP contribution in [-0.2, 0) is 0 Å². The number of nitrogens with zero attached hydrogens (tertiary/aromatic N) is 2. The van der Waals surface area contributed by atoms with Gasteiger partial charge in [0, 0.05) is 31.2 Å². The smallest absolute Gasteiger partial charge is 0.272 e. The summed E-state index contributed by atoms with van der Waals surface area (Å²) in [6.07, 6.45) is 0. The number of para-hydroxylation sites is 1. The molecule has 0 radical (unpaired) electrons. The molecule has 0 fully saturated rings. The summed E-state index contributed by atoms with van der Waals surface area (Å²) in [4.78, 5) is 18.2. The van der Waals surface area contributed by atoms with E-state index in [-0.39, 0.29) is 32.2 Å². The fraction of sp³-hybridized carbons (Fsp3) is 0.333. The molecule has 0 spiro atoms. The number of nitrogens with one attached hydrogen (secondary N) is 1. The third kappa shape index (κ3) is 3.29. The van der Waals surface area contributed by atoms with E-state index >= 15 is 0 Å². The fourth-order valence-corrected chi connectivity index (χ4v) is 2.21. The Morgan fingerprint density at radius 1 is 1.24 bits per heavy atom. The first-order chi connectivity index (χ1) is 10.2. The van der Waals surface area contributed by atoms with Crippen LogP contribution in [0.3, 0.4) is 0 Å². The van der Waals surface area contributed by atoms with Crippen LogP contribution in [0.15, 0.2) is 30.3 Å². The van der Waals surface area contributed by atoms with E-state index in [9.17, 15) is 4.79 Å². The number of fused-ring (bicyclic) bond motifs is 1. The third-order valence-corrected chi connectivity index (χ3v) is 3.23. The van der Waals surface area contributed by atoms with Gasteiger partial charge in [0.1, 0.15) is 5.69 Å². The highest BCUT2D eigenvalue weighted by Gasteiger charge is 2.18. The molecule has 0 unspecified atom stereocenters. The maximum atomic E-state index is 12.4. The number of carbonyl (C=O) groups is 1. The molecule has 6 nitrogen and oxygen atoms in total. The molecule has 0 saturated heterocycles. The topological polar surface area (TPSA) is 85.7 Å². The van der Waals surface area contributed by atoms with Crippen molar-refractivity contribution in [1.82, 2.24) is 9.88 Å². The van der Waals surface area contributed by atoms with E-state index in [2.05, 4.69) is 10.3 Å². The number of carbonyl (C=O) groups excluding carboxylic acids is 1. The van der Waals surface area contributed by atoms with Crippen LogP contribution in [0.1, 0.15) is 10.5 Å². The van der Waals surface area contributed by atoms with E-state index in [0.29, 0.717) is 5.69 Å². The minimum absolute atomic E-state index is 0.155. The Hall–Kier alpha value is -2.18. The minimum atomic E-state index is -0.305. The van der Waals surface area contributed by atoms with Crippen LogP contribution < -0.4 is 5.32 Å². The van der Waals surface area contributed by atoms with E-state index in [1.807, 2.05) is 24.3 Å². The second-order valence-electron chi connectivity index (χ2n) is 4.56. The van der Waals surface area contributed by atoms with Gasteiger partial charge in [-0.25, -0.2) is 4.98 Å². The highest BCUT2D eigenvalue weighted by Crippen LogP contribution is 2.23. The summed E-state index contributed by atoms with van der Waals surface area (Å²) in [5.74, 6) is -0.305. The quantitative estimate of drug-likeness (QED) is 0.729. The van der Waals surface area contributed by atoms with E-state index < -0.39 is 0 Å². The average Bonchev–Trinajstić information content (AvgIpc) is 2.52. The first kappa shape index (κ1) is 15.2. The molecule has 2 aromatic rings. The van der Waals surface area contributed by atoms with Crippen LogP contribution in [0.5, 0.6) is 0 Å². The normalized spacial score (nSPS) is 10.6. The molecule has 1 aromatic carbocycles. The molecule has 0 atom stereocenters. The molecular weight excluding hydrogens is 270 g/mol. The van der Waals surface area contributed by atoms with Crippen molar-refractivity contribution < 1.29 is 15.0 Å². The zero-order valence-corrected chi connectivity index (χ0v) is 11.9. The summed E-state index contributed by atoms with van der Waals surface area (Å²) in [7, 11) is 1.79. The molecular formula is C15H19N3O3. The van der Waals surface area contributed by atoms with Gasteiger partial charge in [0.05, 0.1) is 18.7 Å². The molecule has 1 amide bonds. The van der Waals surface area contributed by atoms with Crippen LogP contribution >= 0.6 is 0 Å². The van der Waals surface area contributed by atoms with Gasteiger partial charge in [0.25, 0.3) is 5.91 Å². The average molecular weight is 289 g/mol. The van der Waals surface area contributed by atoms with Crippen LogP contribution in [0, 0.1) is 0 Å². The Morgan fingerprint density at radius 2 is 1.90 bits per heavy atom. The van der Waals surface area contributed by atoms with Crippen LogP contribution in [0.2, 0.25) is 0 Å². The predicted molar refractivity (Wildman–Crippen MR) is 81.4 cm³/mol. The Morgan fingerprint density at radius 3 is 2.52 bits per heavy atom. The molecule has 0 bridgehead atoms. The predicted octanol–water partition coefficient (Wildman–Crippen LogP) is 0.703. The second-order valence-corrected chi connectivity index (χ2v) is 4.56. The Bertz CT molecular complexity index is 625. The molecule has 0 aliphatic carbocycles. The van der Waals surface area contributed by atoms with Crippen LogP contribution in [0.4, 0.5) is 5.69 Å². The Kier molecular flexibility index (Phi) is 5.08. The molecule has 0 aliphatic heterocycles. The summed E-state index contributed by atoms with van der Waals surface area (Å²) in [6, 6.07) is 9.24. The largest absolute Gasteiger partial charge is 0.395 e. The molecule has 0 aliphatic rings. The number of aromatic nitrogens is 1. The van der Waals surface area contributed by atoms with Crippen molar-refractivity contribution in [3.63, 3.8) is 0 Å². The number of hydrogen-bond acceptors (Lipinski definition) is 5. The lowest BCUT2D eigenvalue weighted by atomic mass is 10.1. The zero-order chi connectivity index (χ0) is 15.2. The van der Waals surface area contributed by atoms with Gasteiger partial charge < -0.3 is 20.4 Å². The number of pyridine rings is 1. The van der Waals surface area contributed by atoms with Crippen molar-refractivity contribution in [2.75, 3.05) is 38.7 Å². The van der Waals surface area contributed by atoms with Crippen molar-refractivity contribution in [3.8, 4) is 0 Å².